The lowest BCUT2D eigenvalue weighted by atomic mass is 9.89. The molecule has 19 heavy (non-hydrogen) atoms. The van der Waals surface area contributed by atoms with Gasteiger partial charge in [0.2, 0.25) is 0 Å². The first kappa shape index (κ1) is 10.8. The molecule has 4 rings (SSSR count). The minimum Gasteiger partial charge on any atom is -0.374 e. The molecule has 2 aliphatic rings. The van der Waals surface area contributed by atoms with E-state index in [0.717, 1.165) is 25.1 Å². The average molecular weight is 256 g/mol. The van der Waals surface area contributed by atoms with Crippen molar-refractivity contribution in [1.82, 2.24) is 15.1 Å². The highest BCUT2D eigenvalue weighted by Crippen LogP contribution is 2.43. The Balaban J connectivity index is 1.61. The van der Waals surface area contributed by atoms with Crippen LogP contribution in [0.25, 0.3) is 11.6 Å². The molecule has 3 unspecified atom stereocenters. The lowest BCUT2D eigenvalue weighted by molar-refractivity contribution is 0.0996. The van der Waals surface area contributed by atoms with E-state index in [1.54, 1.807) is 12.3 Å². The molecular formula is C13H12N4O2. The lowest BCUT2D eigenvalue weighted by Crippen LogP contribution is -2.15. The van der Waals surface area contributed by atoms with E-state index in [2.05, 4.69) is 21.2 Å². The van der Waals surface area contributed by atoms with Crippen LogP contribution < -0.4 is 0 Å². The van der Waals surface area contributed by atoms with Gasteiger partial charge in [0, 0.05) is 6.20 Å². The molecule has 2 aliphatic heterocycles. The van der Waals surface area contributed by atoms with Crippen LogP contribution in [0.15, 0.2) is 16.8 Å². The van der Waals surface area contributed by atoms with Crippen LogP contribution in [-0.2, 0) is 4.74 Å². The van der Waals surface area contributed by atoms with Crippen LogP contribution >= 0.6 is 0 Å². The molecule has 0 amide bonds. The smallest absolute Gasteiger partial charge is 0.274 e. The summed E-state index contributed by atoms with van der Waals surface area (Å²) >= 11 is 0. The van der Waals surface area contributed by atoms with Gasteiger partial charge in [0.15, 0.2) is 5.82 Å². The minimum absolute atomic E-state index is 0.244. The van der Waals surface area contributed by atoms with E-state index in [-0.39, 0.29) is 12.0 Å². The van der Waals surface area contributed by atoms with Crippen molar-refractivity contribution in [3.05, 3.63) is 23.7 Å². The zero-order valence-electron chi connectivity index (χ0n) is 10.2. The van der Waals surface area contributed by atoms with E-state index in [0.29, 0.717) is 23.3 Å². The number of nitrogens with one attached hydrogen (secondary N) is 1. The third-order valence-corrected chi connectivity index (χ3v) is 3.92. The second kappa shape index (κ2) is 3.93. The third-order valence-electron chi connectivity index (χ3n) is 3.92. The molecule has 3 atom stereocenters. The molecule has 0 radical (unpaired) electrons. The molecule has 2 saturated heterocycles. The SMILES string of the molecule is N#Cc1c[nH]c(-c2nc(C3CC4CCC3O4)no2)c1. The van der Waals surface area contributed by atoms with Crippen LogP contribution in [0.3, 0.4) is 0 Å². The first-order chi connectivity index (χ1) is 9.33. The fourth-order valence-corrected chi connectivity index (χ4v) is 2.99. The standard InChI is InChI=1S/C13H12N4O2/c14-5-7-3-10(15-6-7)13-16-12(17-19-13)9-4-8-1-2-11(9)18-8/h3,6,8-9,11,15H,1-2,4H2. The lowest BCUT2D eigenvalue weighted by Gasteiger charge is -2.13. The van der Waals surface area contributed by atoms with Gasteiger partial charge in [-0.1, -0.05) is 5.16 Å². The number of H-pyrrole nitrogens is 1. The zero-order valence-corrected chi connectivity index (χ0v) is 10.2. The van der Waals surface area contributed by atoms with E-state index in [1.807, 2.05) is 0 Å². The Kier molecular flexibility index (Phi) is 2.23. The summed E-state index contributed by atoms with van der Waals surface area (Å²) in [6.45, 7) is 0. The number of nitrogens with zero attached hydrogens (tertiary/aromatic N) is 3. The first-order valence-electron chi connectivity index (χ1n) is 6.41. The molecule has 1 N–H and O–H groups in total. The van der Waals surface area contributed by atoms with Gasteiger partial charge < -0.3 is 14.2 Å². The summed E-state index contributed by atoms with van der Waals surface area (Å²) in [5.74, 6) is 1.40. The first-order valence-corrected chi connectivity index (χ1v) is 6.41. The van der Waals surface area contributed by atoms with Crippen molar-refractivity contribution in [2.75, 3.05) is 0 Å². The molecule has 2 aromatic rings. The predicted octanol–water partition coefficient (Wildman–Crippen LogP) is 1.97. The molecule has 2 bridgehead atoms. The molecule has 0 spiro atoms. The summed E-state index contributed by atoms with van der Waals surface area (Å²) in [4.78, 5) is 7.39. The van der Waals surface area contributed by atoms with Gasteiger partial charge in [0.1, 0.15) is 11.8 Å². The quantitative estimate of drug-likeness (QED) is 0.887. The Bertz CT molecular complexity index is 654. The number of ether oxygens (including phenoxy) is 1. The van der Waals surface area contributed by atoms with Gasteiger partial charge >= 0.3 is 0 Å². The molecule has 6 nitrogen and oxygen atoms in total. The maximum Gasteiger partial charge on any atom is 0.274 e. The fraction of sp³-hybridized carbons (Fsp3) is 0.462. The van der Waals surface area contributed by atoms with Gasteiger partial charge in [-0.3, -0.25) is 0 Å². The van der Waals surface area contributed by atoms with Crippen molar-refractivity contribution in [1.29, 1.82) is 5.26 Å². The van der Waals surface area contributed by atoms with Gasteiger partial charge in [-0.2, -0.15) is 10.2 Å². The van der Waals surface area contributed by atoms with Crippen molar-refractivity contribution < 1.29 is 9.26 Å². The normalized spacial score (nSPS) is 28.7. The van der Waals surface area contributed by atoms with E-state index >= 15 is 0 Å². The zero-order chi connectivity index (χ0) is 12.8. The molecule has 2 fully saturated rings. The second-order valence-corrected chi connectivity index (χ2v) is 5.09. The van der Waals surface area contributed by atoms with Crippen LogP contribution in [0, 0.1) is 11.3 Å². The summed E-state index contributed by atoms with van der Waals surface area (Å²) in [5, 5.41) is 12.9. The highest BCUT2D eigenvalue weighted by atomic mass is 16.5. The molecule has 0 aliphatic carbocycles. The number of nitriles is 1. The highest BCUT2D eigenvalue weighted by molar-refractivity contribution is 5.51. The molecule has 0 saturated carbocycles. The van der Waals surface area contributed by atoms with Crippen LogP contribution in [0.5, 0.6) is 0 Å². The number of aromatic nitrogens is 3. The highest BCUT2D eigenvalue weighted by Gasteiger charge is 2.43. The molecular weight excluding hydrogens is 244 g/mol. The predicted molar refractivity (Wildman–Crippen MR) is 64.1 cm³/mol. The summed E-state index contributed by atoms with van der Waals surface area (Å²) in [6.07, 6.45) is 5.45. The van der Waals surface area contributed by atoms with Crippen LogP contribution in [0.2, 0.25) is 0 Å². The summed E-state index contributed by atoms with van der Waals surface area (Å²) < 4.78 is 11.1. The van der Waals surface area contributed by atoms with Gasteiger partial charge in [-0.15, -0.1) is 0 Å². The number of fused-ring (bicyclic) bond motifs is 2. The van der Waals surface area contributed by atoms with Gasteiger partial charge in [0.05, 0.1) is 23.7 Å². The maximum atomic E-state index is 8.79. The summed E-state index contributed by atoms with van der Waals surface area (Å²) in [5.41, 5.74) is 1.23. The van der Waals surface area contributed by atoms with Gasteiger partial charge in [0.25, 0.3) is 5.89 Å². The molecule has 4 heterocycles. The number of aromatic amines is 1. The summed E-state index contributed by atoms with van der Waals surface area (Å²) in [6, 6.07) is 3.76. The number of rotatable bonds is 2. The van der Waals surface area contributed by atoms with E-state index in [9.17, 15) is 0 Å². The van der Waals surface area contributed by atoms with Crippen molar-refractivity contribution in [2.45, 2.75) is 37.4 Å². The molecule has 6 heteroatoms. The van der Waals surface area contributed by atoms with Gasteiger partial charge in [-0.25, -0.2) is 0 Å². The van der Waals surface area contributed by atoms with Crippen molar-refractivity contribution in [3.8, 4) is 17.7 Å². The fourth-order valence-electron chi connectivity index (χ4n) is 2.99. The van der Waals surface area contributed by atoms with Crippen molar-refractivity contribution >= 4 is 0 Å². The van der Waals surface area contributed by atoms with Crippen molar-refractivity contribution in [3.63, 3.8) is 0 Å². The largest absolute Gasteiger partial charge is 0.374 e. The molecule has 0 aromatic carbocycles. The van der Waals surface area contributed by atoms with Crippen LogP contribution in [-0.4, -0.2) is 27.3 Å². The second-order valence-electron chi connectivity index (χ2n) is 5.09. The number of hydrogen-bond acceptors (Lipinski definition) is 5. The van der Waals surface area contributed by atoms with E-state index in [1.165, 1.54) is 0 Å². The topological polar surface area (TPSA) is 87.7 Å². The van der Waals surface area contributed by atoms with Crippen LogP contribution in [0.4, 0.5) is 0 Å². The molecule has 96 valence electrons. The average Bonchev–Trinajstić information content (AvgIpc) is 3.19. The Morgan fingerprint density at radius 1 is 1.42 bits per heavy atom. The summed E-state index contributed by atoms with van der Waals surface area (Å²) in [7, 11) is 0. The number of hydrogen-bond donors (Lipinski definition) is 1. The maximum absolute atomic E-state index is 8.79. The Hall–Kier alpha value is -2.13. The van der Waals surface area contributed by atoms with E-state index in [4.69, 9.17) is 14.5 Å². The van der Waals surface area contributed by atoms with Crippen LogP contribution in [0.1, 0.15) is 36.6 Å². The van der Waals surface area contributed by atoms with Crippen molar-refractivity contribution in [2.24, 2.45) is 0 Å². The Morgan fingerprint density at radius 3 is 3.05 bits per heavy atom. The van der Waals surface area contributed by atoms with E-state index < -0.39 is 0 Å². The third kappa shape index (κ3) is 1.66. The Labute approximate surface area is 109 Å². The Morgan fingerprint density at radius 2 is 2.37 bits per heavy atom. The minimum atomic E-state index is 0.244. The monoisotopic (exact) mass is 256 g/mol. The van der Waals surface area contributed by atoms with Gasteiger partial charge in [-0.05, 0) is 25.3 Å². The molecule has 2 aromatic heterocycles.